The fourth-order valence-corrected chi connectivity index (χ4v) is 2.96. The third-order valence-corrected chi connectivity index (χ3v) is 4.52. The second-order valence-corrected chi connectivity index (χ2v) is 5.93. The van der Waals surface area contributed by atoms with Crippen molar-refractivity contribution in [3.63, 3.8) is 0 Å². The number of rotatable bonds is 3. The smallest absolute Gasteiger partial charge is 0.319 e. The summed E-state index contributed by atoms with van der Waals surface area (Å²) in [7, 11) is 0. The topological polar surface area (TPSA) is 66.8 Å². The first-order chi connectivity index (χ1) is 10.0. The maximum Gasteiger partial charge on any atom is 0.319 e. The van der Waals surface area contributed by atoms with E-state index in [4.69, 9.17) is 16.3 Å². The number of carbonyl (C=O) groups excluding carboxylic acids is 1. The summed E-state index contributed by atoms with van der Waals surface area (Å²) in [6.07, 6.45) is 0.547. The molecule has 6 heteroatoms. The summed E-state index contributed by atoms with van der Waals surface area (Å²) < 4.78 is 5.69. The van der Waals surface area contributed by atoms with Crippen LogP contribution in [-0.2, 0) is 14.3 Å². The lowest BCUT2D eigenvalue weighted by atomic mass is 10.0. The van der Waals surface area contributed by atoms with Gasteiger partial charge >= 0.3 is 5.97 Å². The third kappa shape index (κ3) is 2.51. The molecule has 1 saturated carbocycles. The van der Waals surface area contributed by atoms with Crippen LogP contribution in [0.25, 0.3) is 0 Å². The lowest BCUT2D eigenvalue weighted by molar-refractivity contribution is -0.157. The number of carboxylic acids is 1. The molecule has 1 heterocycles. The van der Waals surface area contributed by atoms with Gasteiger partial charge in [0.1, 0.15) is 11.5 Å². The van der Waals surface area contributed by atoms with Crippen LogP contribution in [0.2, 0.25) is 5.02 Å². The van der Waals surface area contributed by atoms with E-state index in [1.165, 1.54) is 0 Å². The Balaban J connectivity index is 1.76. The third-order valence-electron chi connectivity index (χ3n) is 4.17. The minimum atomic E-state index is -1.19. The molecule has 1 aromatic carbocycles. The molecule has 0 radical (unpaired) electrons. The molecule has 112 valence electrons. The average Bonchev–Trinajstić information content (AvgIpc) is 3.29. The van der Waals surface area contributed by atoms with Gasteiger partial charge in [-0.25, -0.2) is 0 Å². The number of halogens is 1. The Kier molecular flexibility index (Phi) is 3.63. The summed E-state index contributed by atoms with van der Waals surface area (Å²) in [4.78, 5) is 25.3. The van der Waals surface area contributed by atoms with Crippen LogP contribution in [0.3, 0.4) is 0 Å². The summed E-state index contributed by atoms with van der Waals surface area (Å²) in [5.41, 5.74) is -0.362. The van der Waals surface area contributed by atoms with Gasteiger partial charge in [0.25, 0.3) is 0 Å². The number of morpholine rings is 1. The lowest BCUT2D eigenvalue weighted by Crippen LogP contribution is -2.47. The Hall–Kier alpha value is -1.59. The minimum Gasteiger partial charge on any atom is -0.480 e. The zero-order valence-electron chi connectivity index (χ0n) is 11.4. The van der Waals surface area contributed by atoms with E-state index in [1.54, 1.807) is 11.0 Å². The Labute approximate surface area is 127 Å². The van der Waals surface area contributed by atoms with Crippen molar-refractivity contribution in [2.24, 2.45) is 5.41 Å². The molecule has 1 N–H and O–H groups in total. The van der Waals surface area contributed by atoms with Crippen LogP contribution in [0.5, 0.6) is 0 Å². The Morgan fingerprint density at radius 3 is 2.67 bits per heavy atom. The van der Waals surface area contributed by atoms with Gasteiger partial charge in [0, 0.05) is 17.1 Å². The van der Waals surface area contributed by atoms with Crippen LogP contribution in [-0.4, -0.2) is 41.6 Å². The molecule has 1 aliphatic carbocycles. The minimum absolute atomic E-state index is 0.296. The van der Waals surface area contributed by atoms with E-state index >= 15 is 0 Å². The number of aliphatic carboxylic acids is 1. The molecule has 1 aromatic rings. The zero-order valence-corrected chi connectivity index (χ0v) is 12.2. The van der Waals surface area contributed by atoms with Crippen molar-refractivity contribution in [1.82, 2.24) is 4.90 Å². The molecule has 5 nitrogen and oxygen atoms in total. The monoisotopic (exact) mass is 309 g/mol. The molecule has 3 rings (SSSR count). The Morgan fingerprint density at radius 1 is 1.33 bits per heavy atom. The molecule has 0 unspecified atom stereocenters. The highest BCUT2D eigenvalue weighted by Crippen LogP contribution is 2.48. The maximum absolute atomic E-state index is 12.4. The highest BCUT2D eigenvalue weighted by atomic mass is 35.5. The van der Waals surface area contributed by atoms with Crippen molar-refractivity contribution in [1.29, 1.82) is 0 Å². The van der Waals surface area contributed by atoms with Crippen molar-refractivity contribution in [3.8, 4) is 0 Å². The van der Waals surface area contributed by atoms with Gasteiger partial charge in [0.05, 0.1) is 13.2 Å². The van der Waals surface area contributed by atoms with Crippen LogP contribution < -0.4 is 0 Å². The number of amides is 1. The van der Waals surface area contributed by atoms with Crippen LogP contribution in [0.1, 0.15) is 24.5 Å². The fraction of sp³-hybridized carbons (Fsp3) is 0.467. The van der Waals surface area contributed by atoms with E-state index in [-0.39, 0.29) is 12.0 Å². The first-order valence-corrected chi connectivity index (χ1v) is 7.31. The summed E-state index contributed by atoms with van der Waals surface area (Å²) in [6, 6.07) is 7.35. The van der Waals surface area contributed by atoms with Crippen LogP contribution in [0.4, 0.5) is 0 Å². The molecule has 0 aromatic heterocycles. The zero-order chi connectivity index (χ0) is 15.0. The molecule has 1 saturated heterocycles. The fourth-order valence-electron chi connectivity index (χ4n) is 2.70. The predicted octanol–water partition coefficient (Wildman–Crippen LogP) is 2.10. The van der Waals surface area contributed by atoms with Crippen molar-refractivity contribution in [3.05, 3.63) is 34.9 Å². The lowest BCUT2D eigenvalue weighted by Gasteiger charge is -2.35. The number of ether oxygens (including phenoxy) is 1. The standard InChI is InChI=1S/C15H16ClNO4/c16-11-4-2-1-3-10(11)12-9-17(7-8-21-12)13(18)15(5-6-15)14(19)20/h1-4,12H,5-9H2,(H,19,20)/t12-/m0/s1. The van der Waals surface area contributed by atoms with Crippen molar-refractivity contribution in [2.45, 2.75) is 18.9 Å². The number of nitrogens with zero attached hydrogens (tertiary/aromatic N) is 1. The Bertz CT molecular complexity index is 585. The van der Waals surface area contributed by atoms with Gasteiger partial charge in [0.2, 0.25) is 5.91 Å². The SMILES string of the molecule is O=C(O)C1(C(=O)N2CCO[C@H](c3ccccc3Cl)C2)CC1. The van der Waals surface area contributed by atoms with Crippen LogP contribution >= 0.6 is 11.6 Å². The molecule has 1 atom stereocenters. The van der Waals surface area contributed by atoms with Gasteiger partial charge in [-0.3, -0.25) is 9.59 Å². The van der Waals surface area contributed by atoms with Gasteiger partial charge in [-0.1, -0.05) is 29.8 Å². The quantitative estimate of drug-likeness (QED) is 0.868. The van der Waals surface area contributed by atoms with Crippen LogP contribution in [0.15, 0.2) is 24.3 Å². The number of benzene rings is 1. The molecule has 1 amide bonds. The average molecular weight is 310 g/mol. The van der Waals surface area contributed by atoms with Gasteiger partial charge in [-0.2, -0.15) is 0 Å². The van der Waals surface area contributed by atoms with Crippen molar-refractivity contribution >= 4 is 23.5 Å². The first kappa shape index (κ1) is 14.4. The summed E-state index contributed by atoms with van der Waals surface area (Å²) >= 11 is 6.16. The second kappa shape index (κ2) is 5.31. The number of hydrogen-bond acceptors (Lipinski definition) is 3. The molecular weight excluding hydrogens is 294 g/mol. The van der Waals surface area contributed by atoms with E-state index in [0.29, 0.717) is 37.6 Å². The Morgan fingerprint density at radius 2 is 2.05 bits per heavy atom. The molecule has 2 aliphatic rings. The van der Waals surface area contributed by atoms with E-state index in [0.717, 1.165) is 5.56 Å². The van der Waals surface area contributed by atoms with Gasteiger partial charge in [-0.05, 0) is 18.9 Å². The largest absolute Gasteiger partial charge is 0.480 e. The summed E-state index contributed by atoms with van der Waals surface area (Å²) in [5.74, 6) is -1.32. The van der Waals surface area contributed by atoms with Crippen LogP contribution in [0, 0.1) is 5.41 Å². The molecule has 21 heavy (non-hydrogen) atoms. The molecule has 0 bridgehead atoms. The highest BCUT2D eigenvalue weighted by Gasteiger charge is 2.58. The molecule has 1 aliphatic heterocycles. The second-order valence-electron chi connectivity index (χ2n) is 5.52. The van der Waals surface area contributed by atoms with E-state index in [9.17, 15) is 14.7 Å². The van der Waals surface area contributed by atoms with E-state index < -0.39 is 11.4 Å². The molecular formula is C15H16ClNO4. The summed E-state index contributed by atoms with van der Waals surface area (Å²) in [6.45, 7) is 1.16. The highest BCUT2D eigenvalue weighted by molar-refractivity contribution is 6.31. The van der Waals surface area contributed by atoms with E-state index in [1.807, 2.05) is 18.2 Å². The molecule has 2 fully saturated rings. The molecule has 0 spiro atoms. The van der Waals surface area contributed by atoms with Crippen molar-refractivity contribution < 1.29 is 19.4 Å². The van der Waals surface area contributed by atoms with Gasteiger partial charge in [0.15, 0.2) is 0 Å². The normalized spacial score (nSPS) is 23.7. The number of carboxylic acid groups (broad SMARTS) is 1. The van der Waals surface area contributed by atoms with Crippen molar-refractivity contribution in [2.75, 3.05) is 19.7 Å². The number of carbonyl (C=O) groups is 2. The van der Waals surface area contributed by atoms with Gasteiger partial charge in [-0.15, -0.1) is 0 Å². The number of hydrogen-bond donors (Lipinski definition) is 1. The van der Waals surface area contributed by atoms with Gasteiger partial charge < -0.3 is 14.7 Å². The predicted molar refractivity (Wildman–Crippen MR) is 76.0 cm³/mol. The maximum atomic E-state index is 12.4. The summed E-state index contributed by atoms with van der Waals surface area (Å²) in [5, 5.41) is 9.83. The van der Waals surface area contributed by atoms with E-state index in [2.05, 4.69) is 0 Å². The first-order valence-electron chi connectivity index (χ1n) is 6.93.